The minimum atomic E-state index is 0.718. The van der Waals surface area contributed by atoms with Crippen molar-refractivity contribution in [1.29, 1.82) is 0 Å². The van der Waals surface area contributed by atoms with Crippen LogP contribution in [-0.2, 0) is 0 Å². The van der Waals surface area contributed by atoms with E-state index in [1.807, 2.05) is 0 Å². The van der Waals surface area contributed by atoms with Crippen molar-refractivity contribution in [2.75, 3.05) is 0 Å². The van der Waals surface area contributed by atoms with Crippen LogP contribution in [0.25, 0.3) is 0 Å². The van der Waals surface area contributed by atoms with Gasteiger partial charge in [-0.15, -0.1) is 0 Å². The van der Waals surface area contributed by atoms with Crippen molar-refractivity contribution in [3.63, 3.8) is 0 Å². The molecule has 3 saturated carbocycles. The average Bonchev–Trinajstić information content (AvgIpc) is 2.16. The molecular formula is C11H20. The largest absolute Gasteiger partial charge is 0.0649 e. The minimum Gasteiger partial charge on any atom is -0.0649 e. The van der Waals surface area contributed by atoms with Crippen molar-refractivity contribution >= 4 is 0 Å². The van der Waals surface area contributed by atoms with Gasteiger partial charge in [0.1, 0.15) is 0 Å². The molecule has 0 amide bonds. The summed E-state index contributed by atoms with van der Waals surface area (Å²) in [5.74, 6) is 2.25. The van der Waals surface area contributed by atoms with E-state index in [1.54, 1.807) is 12.8 Å². The molecule has 1 unspecified atom stereocenters. The van der Waals surface area contributed by atoms with Gasteiger partial charge in [-0.05, 0) is 49.4 Å². The Morgan fingerprint density at radius 2 is 2.00 bits per heavy atom. The summed E-state index contributed by atoms with van der Waals surface area (Å²) in [5, 5.41) is 0. The molecule has 64 valence electrons. The summed E-state index contributed by atoms with van der Waals surface area (Å²) in [4.78, 5) is 0. The van der Waals surface area contributed by atoms with E-state index < -0.39 is 0 Å². The van der Waals surface area contributed by atoms with E-state index in [0.717, 1.165) is 17.3 Å². The standard InChI is InChI=1S/C11H20/c1-3-11(2)5-4-9-6-10(7-9)8-11/h9-10H,3-8H2,1-2H3. The summed E-state index contributed by atoms with van der Waals surface area (Å²) >= 11 is 0. The summed E-state index contributed by atoms with van der Waals surface area (Å²) in [6, 6.07) is 0. The van der Waals surface area contributed by atoms with Gasteiger partial charge in [0.25, 0.3) is 0 Å². The van der Waals surface area contributed by atoms with E-state index >= 15 is 0 Å². The van der Waals surface area contributed by atoms with Gasteiger partial charge in [-0.3, -0.25) is 0 Å². The van der Waals surface area contributed by atoms with Crippen molar-refractivity contribution in [2.45, 2.75) is 52.4 Å². The second-order valence-corrected chi connectivity index (χ2v) is 5.11. The van der Waals surface area contributed by atoms with Gasteiger partial charge in [-0.1, -0.05) is 20.3 Å². The maximum atomic E-state index is 2.49. The number of hydrogen-bond acceptors (Lipinski definition) is 0. The molecule has 0 saturated heterocycles. The lowest BCUT2D eigenvalue weighted by atomic mass is 9.71. The molecule has 0 aromatic heterocycles. The van der Waals surface area contributed by atoms with Gasteiger partial charge in [0.2, 0.25) is 0 Å². The Kier molecular flexibility index (Phi) is 1.74. The van der Waals surface area contributed by atoms with Gasteiger partial charge in [0.05, 0.1) is 0 Å². The van der Waals surface area contributed by atoms with Crippen LogP contribution in [-0.4, -0.2) is 0 Å². The molecule has 3 rings (SSSR count). The molecule has 2 bridgehead atoms. The summed E-state index contributed by atoms with van der Waals surface area (Å²) in [5.41, 5.74) is 0.718. The van der Waals surface area contributed by atoms with E-state index in [-0.39, 0.29) is 0 Å². The molecule has 0 radical (unpaired) electrons. The number of fused-ring (bicyclic) bond motifs is 3. The predicted octanol–water partition coefficient (Wildman–Crippen LogP) is 3.61. The first-order valence-electron chi connectivity index (χ1n) is 5.22. The molecular weight excluding hydrogens is 132 g/mol. The molecule has 0 aromatic rings. The predicted molar refractivity (Wildman–Crippen MR) is 48.5 cm³/mol. The van der Waals surface area contributed by atoms with Gasteiger partial charge >= 0.3 is 0 Å². The summed E-state index contributed by atoms with van der Waals surface area (Å²) in [6.07, 6.45) is 9.09. The zero-order valence-corrected chi connectivity index (χ0v) is 7.90. The van der Waals surface area contributed by atoms with Crippen LogP contribution in [0.1, 0.15) is 52.4 Å². The van der Waals surface area contributed by atoms with Crippen LogP contribution >= 0.6 is 0 Å². The Bertz CT molecular complexity index is 144. The van der Waals surface area contributed by atoms with Gasteiger partial charge in [0, 0.05) is 0 Å². The highest BCUT2D eigenvalue weighted by Crippen LogP contribution is 2.51. The Hall–Kier alpha value is 0. The van der Waals surface area contributed by atoms with Crippen molar-refractivity contribution in [3.8, 4) is 0 Å². The van der Waals surface area contributed by atoms with Crippen molar-refractivity contribution in [2.24, 2.45) is 17.3 Å². The van der Waals surface area contributed by atoms with Gasteiger partial charge in [-0.2, -0.15) is 0 Å². The number of rotatable bonds is 1. The fraction of sp³-hybridized carbons (Fsp3) is 1.00. The molecule has 1 atom stereocenters. The SMILES string of the molecule is CCC1(C)CCC2CC(C2)C1. The average molecular weight is 152 g/mol. The maximum absolute atomic E-state index is 2.49. The Labute approximate surface area is 70.4 Å². The van der Waals surface area contributed by atoms with Gasteiger partial charge in [0.15, 0.2) is 0 Å². The molecule has 0 nitrogen and oxygen atoms in total. The van der Waals surface area contributed by atoms with Gasteiger partial charge < -0.3 is 0 Å². The molecule has 3 aliphatic carbocycles. The fourth-order valence-corrected chi connectivity index (χ4v) is 2.95. The normalized spacial score (nSPS) is 49.6. The van der Waals surface area contributed by atoms with Crippen LogP contribution in [0.5, 0.6) is 0 Å². The van der Waals surface area contributed by atoms with E-state index in [2.05, 4.69) is 13.8 Å². The fourth-order valence-electron chi connectivity index (χ4n) is 2.95. The zero-order chi connectivity index (χ0) is 7.90. The molecule has 3 fully saturated rings. The number of hydrogen-bond donors (Lipinski definition) is 0. The van der Waals surface area contributed by atoms with E-state index in [9.17, 15) is 0 Å². The first-order chi connectivity index (χ1) is 5.22. The molecule has 0 heteroatoms. The second-order valence-electron chi connectivity index (χ2n) is 5.11. The van der Waals surface area contributed by atoms with Crippen LogP contribution in [0.2, 0.25) is 0 Å². The molecule has 11 heavy (non-hydrogen) atoms. The molecule has 0 aromatic carbocycles. The van der Waals surface area contributed by atoms with E-state index in [0.29, 0.717) is 0 Å². The lowest BCUT2D eigenvalue weighted by molar-refractivity contribution is 0.170. The van der Waals surface area contributed by atoms with Crippen molar-refractivity contribution in [3.05, 3.63) is 0 Å². The van der Waals surface area contributed by atoms with Crippen LogP contribution < -0.4 is 0 Å². The molecule has 0 N–H and O–H groups in total. The third kappa shape index (κ3) is 1.32. The highest BCUT2D eigenvalue weighted by molar-refractivity contribution is 4.90. The highest BCUT2D eigenvalue weighted by Gasteiger charge is 2.39. The van der Waals surface area contributed by atoms with Crippen LogP contribution in [0.4, 0.5) is 0 Å². The smallest absolute Gasteiger partial charge is 0.0326 e. The van der Waals surface area contributed by atoms with Gasteiger partial charge in [-0.25, -0.2) is 0 Å². The lowest BCUT2D eigenvalue weighted by Crippen LogP contribution is -2.23. The van der Waals surface area contributed by atoms with E-state index in [4.69, 9.17) is 0 Å². The quantitative estimate of drug-likeness (QED) is 0.538. The molecule has 0 spiro atoms. The first-order valence-corrected chi connectivity index (χ1v) is 5.22. The summed E-state index contributed by atoms with van der Waals surface area (Å²) < 4.78 is 0. The third-order valence-corrected chi connectivity index (χ3v) is 4.12. The summed E-state index contributed by atoms with van der Waals surface area (Å²) in [6.45, 7) is 4.86. The van der Waals surface area contributed by atoms with Crippen molar-refractivity contribution < 1.29 is 0 Å². The van der Waals surface area contributed by atoms with Crippen LogP contribution in [0.15, 0.2) is 0 Å². The second kappa shape index (κ2) is 2.50. The third-order valence-electron chi connectivity index (χ3n) is 4.12. The lowest BCUT2D eigenvalue weighted by Gasteiger charge is -2.34. The first kappa shape index (κ1) is 7.64. The highest BCUT2D eigenvalue weighted by atomic mass is 14.4. The van der Waals surface area contributed by atoms with Crippen LogP contribution in [0.3, 0.4) is 0 Å². The maximum Gasteiger partial charge on any atom is -0.0326 e. The molecule has 0 heterocycles. The van der Waals surface area contributed by atoms with Crippen LogP contribution in [0, 0.1) is 17.3 Å². The Morgan fingerprint density at radius 1 is 1.27 bits per heavy atom. The topological polar surface area (TPSA) is 0 Å². The molecule has 3 aliphatic rings. The Balaban J connectivity index is 2.02. The minimum absolute atomic E-state index is 0.718. The van der Waals surface area contributed by atoms with E-state index in [1.165, 1.54) is 25.7 Å². The monoisotopic (exact) mass is 152 g/mol. The zero-order valence-electron chi connectivity index (χ0n) is 7.90. The Morgan fingerprint density at radius 3 is 2.64 bits per heavy atom. The van der Waals surface area contributed by atoms with Crippen molar-refractivity contribution in [1.82, 2.24) is 0 Å². The summed E-state index contributed by atoms with van der Waals surface area (Å²) in [7, 11) is 0. The molecule has 0 aliphatic heterocycles.